The summed E-state index contributed by atoms with van der Waals surface area (Å²) in [5, 5.41) is 15.0. The van der Waals surface area contributed by atoms with Gasteiger partial charge in [-0.25, -0.2) is 0 Å². The molecule has 0 spiro atoms. The van der Waals surface area contributed by atoms with Crippen molar-refractivity contribution in [1.29, 1.82) is 0 Å². The molecule has 1 fully saturated rings. The summed E-state index contributed by atoms with van der Waals surface area (Å²) in [6.45, 7) is 4.78. The summed E-state index contributed by atoms with van der Waals surface area (Å²) in [5.74, 6) is 0.0101. The van der Waals surface area contributed by atoms with Crippen LogP contribution in [0.2, 0.25) is 0 Å². The molecule has 3 N–H and O–H groups in total. The first kappa shape index (κ1) is 11.5. The molecule has 0 saturated carbocycles. The van der Waals surface area contributed by atoms with Crippen molar-refractivity contribution >= 4 is 5.91 Å². The third kappa shape index (κ3) is 2.45. The molecule has 0 aromatic rings. The van der Waals surface area contributed by atoms with Crippen LogP contribution in [-0.2, 0) is 4.79 Å². The van der Waals surface area contributed by atoms with Crippen molar-refractivity contribution in [2.75, 3.05) is 13.2 Å². The molecule has 1 saturated heterocycles. The molecule has 1 aliphatic heterocycles. The number of hydrogen-bond acceptors (Lipinski definition) is 3. The van der Waals surface area contributed by atoms with Crippen LogP contribution in [0.4, 0.5) is 0 Å². The van der Waals surface area contributed by atoms with Crippen LogP contribution in [-0.4, -0.2) is 35.7 Å². The summed E-state index contributed by atoms with van der Waals surface area (Å²) in [6, 6.07) is -0.110. The normalized spacial score (nSPS) is 28.8. The van der Waals surface area contributed by atoms with E-state index in [0.717, 1.165) is 25.8 Å². The summed E-state index contributed by atoms with van der Waals surface area (Å²) in [6.07, 6.45) is 2.68. The highest BCUT2D eigenvalue weighted by atomic mass is 16.3. The third-order valence-corrected chi connectivity index (χ3v) is 2.92. The summed E-state index contributed by atoms with van der Waals surface area (Å²) in [5.41, 5.74) is -0.428. The standard InChI is InChI=1S/C10H20N2O2/c1-3-8(7-13)12-9(14)10(2)5-4-6-11-10/h8,11,13H,3-7H2,1-2H3,(H,12,14). The van der Waals surface area contributed by atoms with Crippen molar-refractivity contribution in [2.45, 2.75) is 44.7 Å². The molecular formula is C10H20N2O2. The zero-order chi connectivity index (χ0) is 10.6. The van der Waals surface area contributed by atoms with Gasteiger partial charge in [-0.15, -0.1) is 0 Å². The molecule has 4 nitrogen and oxygen atoms in total. The minimum Gasteiger partial charge on any atom is -0.394 e. The fraction of sp³-hybridized carbons (Fsp3) is 0.900. The topological polar surface area (TPSA) is 61.4 Å². The van der Waals surface area contributed by atoms with E-state index in [-0.39, 0.29) is 18.6 Å². The van der Waals surface area contributed by atoms with Gasteiger partial charge in [0.1, 0.15) is 0 Å². The summed E-state index contributed by atoms with van der Waals surface area (Å²) >= 11 is 0. The van der Waals surface area contributed by atoms with Gasteiger partial charge in [0.15, 0.2) is 0 Å². The summed E-state index contributed by atoms with van der Waals surface area (Å²) < 4.78 is 0. The first-order chi connectivity index (χ1) is 6.62. The van der Waals surface area contributed by atoms with Gasteiger partial charge in [0, 0.05) is 0 Å². The minimum absolute atomic E-state index is 0.0101. The monoisotopic (exact) mass is 200 g/mol. The van der Waals surface area contributed by atoms with Crippen LogP contribution in [0.5, 0.6) is 0 Å². The molecule has 0 aliphatic carbocycles. The Balaban J connectivity index is 2.48. The van der Waals surface area contributed by atoms with Crippen molar-refractivity contribution in [3.63, 3.8) is 0 Å². The van der Waals surface area contributed by atoms with Crippen LogP contribution >= 0.6 is 0 Å². The number of carbonyl (C=O) groups is 1. The van der Waals surface area contributed by atoms with Crippen LogP contribution in [0.25, 0.3) is 0 Å². The zero-order valence-electron chi connectivity index (χ0n) is 8.97. The molecule has 82 valence electrons. The Bertz CT molecular complexity index is 196. The van der Waals surface area contributed by atoms with Gasteiger partial charge < -0.3 is 15.7 Å². The van der Waals surface area contributed by atoms with Crippen LogP contribution in [0, 0.1) is 0 Å². The van der Waals surface area contributed by atoms with E-state index in [1.807, 2.05) is 13.8 Å². The van der Waals surface area contributed by atoms with Gasteiger partial charge >= 0.3 is 0 Å². The van der Waals surface area contributed by atoms with Crippen molar-refractivity contribution in [3.8, 4) is 0 Å². The lowest BCUT2D eigenvalue weighted by Gasteiger charge is -2.25. The molecule has 1 aliphatic rings. The molecule has 2 atom stereocenters. The van der Waals surface area contributed by atoms with Gasteiger partial charge in [-0.2, -0.15) is 0 Å². The lowest BCUT2D eigenvalue weighted by molar-refractivity contribution is -0.127. The van der Waals surface area contributed by atoms with E-state index in [9.17, 15) is 4.79 Å². The fourth-order valence-electron chi connectivity index (χ4n) is 1.71. The largest absolute Gasteiger partial charge is 0.394 e. The molecule has 2 unspecified atom stereocenters. The van der Waals surface area contributed by atoms with Crippen molar-refractivity contribution in [1.82, 2.24) is 10.6 Å². The number of carbonyl (C=O) groups excluding carboxylic acids is 1. The number of aliphatic hydroxyl groups is 1. The molecule has 4 heteroatoms. The first-order valence-corrected chi connectivity index (χ1v) is 5.29. The number of nitrogens with one attached hydrogen (secondary N) is 2. The number of rotatable bonds is 4. The smallest absolute Gasteiger partial charge is 0.240 e. The average molecular weight is 200 g/mol. The Morgan fingerprint density at radius 1 is 1.71 bits per heavy atom. The van der Waals surface area contributed by atoms with Crippen LogP contribution in [0.1, 0.15) is 33.1 Å². The van der Waals surface area contributed by atoms with Crippen LogP contribution in [0.15, 0.2) is 0 Å². The molecule has 0 bridgehead atoms. The Morgan fingerprint density at radius 3 is 2.86 bits per heavy atom. The maximum atomic E-state index is 11.8. The van der Waals surface area contributed by atoms with Crippen molar-refractivity contribution in [2.24, 2.45) is 0 Å². The van der Waals surface area contributed by atoms with E-state index in [0.29, 0.717) is 0 Å². The first-order valence-electron chi connectivity index (χ1n) is 5.29. The van der Waals surface area contributed by atoms with Crippen molar-refractivity contribution in [3.05, 3.63) is 0 Å². The molecular weight excluding hydrogens is 180 g/mol. The van der Waals surface area contributed by atoms with E-state index in [2.05, 4.69) is 10.6 Å². The van der Waals surface area contributed by atoms with Crippen LogP contribution < -0.4 is 10.6 Å². The predicted octanol–water partition coefficient (Wildman–Crippen LogP) is 0.0156. The fourth-order valence-corrected chi connectivity index (χ4v) is 1.71. The number of amides is 1. The molecule has 0 aromatic heterocycles. The Morgan fingerprint density at radius 2 is 2.43 bits per heavy atom. The average Bonchev–Trinajstić information content (AvgIpc) is 2.62. The summed E-state index contributed by atoms with van der Waals surface area (Å²) in [7, 11) is 0. The van der Waals surface area contributed by atoms with Gasteiger partial charge in [-0.3, -0.25) is 4.79 Å². The Kier molecular flexibility index (Phi) is 3.89. The molecule has 1 heterocycles. The van der Waals surface area contributed by atoms with Crippen molar-refractivity contribution < 1.29 is 9.90 Å². The highest BCUT2D eigenvalue weighted by Gasteiger charge is 2.36. The molecule has 0 radical (unpaired) electrons. The second kappa shape index (κ2) is 4.75. The number of aliphatic hydroxyl groups excluding tert-OH is 1. The zero-order valence-corrected chi connectivity index (χ0v) is 8.97. The van der Waals surface area contributed by atoms with Gasteiger partial charge in [-0.05, 0) is 32.7 Å². The lowest BCUT2D eigenvalue weighted by atomic mass is 9.99. The highest BCUT2D eigenvalue weighted by molar-refractivity contribution is 5.86. The molecule has 0 aromatic carbocycles. The quantitative estimate of drug-likeness (QED) is 0.599. The second-order valence-electron chi connectivity index (χ2n) is 4.12. The molecule has 1 amide bonds. The minimum atomic E-state index is -0.428. The Hall–Kier alpha value is -0.610. The SMILES string of the molecule is CCC(CO)NC(=O)C1(C)CCCN1. The predicted molar refractivity (Wildman–Crippen MR) is 54.9 cm³/mol. The number of hydrogen-bond donors (Lipinski definition) is 3. The lowest BCUT2D eigenvalue weighted by Crippen LogP contribution is -2.54. The van der Waals surface area contributed by atoms with E-state index in [4.69, 9.17) is 5.11 Å². The highest BCUT2D eigenvalue weighted by Crippen LogP contribution is 2.18. The van der Waals surface area contributed by atoms with Gasteiger partial charge in [0.05, 0.1) is 18.2 Å². The molecule has 1 rings (SSSR count). The van der Waals surface area contributed by atoms with Crippen LogP contribution in [0.3, 0.4) is 0 Å². The van der Waals surface area contributed by atoms with E-state index >= 15 is 0 Å². The summed E-state index contributed by atoms with van der Waals surface area (Å²) in [4.78, 5) is 11.8. The van der Waals surface area contributed by atoms with Gasteiger partial charge in [-0.1, -0.05) is 6.92 Å². The van der Waals surface area contributed by atoms with E-state index in [1.54, 1.807) is 0 Å². The maximum Gasteiger partial charge on any atom is 0.240 e. The van der Waals surface area contributed by atoms with Gasteiger partial charge in [0.25, 0.3) is 0 Å². The maximum absolute atomic E-state index is 11.8. The molecule has 14 heavy (non-hydrogen) atoms. The third-order valence-electron chi connectivity index (χ3n) is 2.92. The van der Waals surface area contributed by atoms with E-state index < -0.39 is 5.54 Å². The van der Waals surface area contributed by atoms with Gasteiger partial charge in [0.2, 0.25) is 5.91 Å². The van der Waals surface area contributed by atoms with E-state index in [1.165, 1.54) is 0 Å². The second-order valence-corrected chi connectivity index (χ2v) is 4.12. The Labute approximate surface area is 85.1 Å².